The summed E-state index contributed by atoms with van der Waals surface area (Å²) < 4.78 is 6.30. The Hall–Kier alpha value is -2.38. The molecule has 3 aliphatic heterocycles. The molecule has 4 atom stereocenters. The standard InChI is InChI=1S/C20H23N3O4/c24-18(25)10-23-9-14-13(17-5-6-20(14,11-23)27-17)8-21-19(26)16-7-12-3-1-2-4-15(12)22-16/h1-4,7,13-14,17,22H,5-6,8-11H2,(H,21,26)(H,24,25)/t13-,14+,17+,20+/m0/s1. The van der Waals surface area contributed by atoms with Gasteiger partial charge in [-0.1, -0.05) is 18.2 Å². The van der Waals surface area contributed by atoms with E-state index in [9.17, 15) is 9.59 Å². The molecule has 5 rings (SSSR count). The fourth-order valence-electron chi connectivity index (χ4n) is 5.37. The molecular weight excluding hydrogens is 346 g/mol. The second-order valence-electron chi connectivity index (χ2n) is 8.07. The van der Waals surface area contributed by atoms with Crippen molar-refractivity contribution in [2.75, 3.05) is 26.2 Å². The Morgan fingerprint density at radius 1 is 1.37 bits per heavy atom. The van der Waals surface area contributed by atoms with E-state index in [1.54, 1.807) is 0 Å². The van der Waals surface area contributed by atoms with Crippen LogP contribution in [0.1, 0.15) is 23.3 Å². The van der Waals surface area contributed by atoms with Crippen LogP contribution in [-0.4, -0.2) is 64.8 Å². The zero-order chi connectivity index (χ0) is 18.6. The highest BCUT2D eigenvalue weighted by Crippen LogP contribution is 2.54. The molecule has 3 aliphatic rings. The van der Waals surface area contributed by atoms with Gasteiger partial charge in [0.25, 0.3) is 5.91 Å². The summed E-state index contributed by atoms with van der Waals surface area (Å²) in [4.78, 5) is 28.8. The summed E-state index contributed by atoms with van der Waals surface area (Å²) in [6.45, 7) is 2.04. The maximum Gasteiger partial charge on any atom is 0.317 e. The number of carbonyl (C=O) groups is 2. The molecule has 142 valence electrons. The van der Waals surface area contributed by atoms with Crippen LogP contribution in [-0.2, 0) is 9.53 Å². The number of amides is 1. The van der Waals surface area contributed by atoms with Crippen LogP contribution in [0.15, 0.2) is 30.3 Å². The van der Waals surface area contributed by atoms with Crippen molar-refractivity contribution in [1.82, 2.24) is 15.2 Å². The number of fused-ring (bicyclic) bond motifs is 2. The summed E-state index contributed by atoms with van der Waals surface area (Å²) in [5.41, 5.74) is 1.30. The van der Waals surface area contributed by atoms with E-state index in [1.165, 1.54) is 0 Å². The maximum atomic E-state index is 12.6. The van der Waals surface area contributed by atoms with Crippen molar-refractivity contribution in [3.05, 3.63) is 36.0 Å². The fraction of sp³-hybridized carbons (Fsp3) is 0.500. The molecule has 0 radical (unpaired) electrons. The molecule has 7 heteroatoms. The number of nitrogens with zero attached hydrogens (tertiary/aromatic N) is 1. The Bertz CT molecular complexity index is 877. The number of carboxylic acids is 1. The van der Waals surface area contributed by atoms with Gasteiger partial charge in [0, 0.05) is 42.4 Å². The van der Waals surface area contributed by atoms with Crippen molar-refractivity contribution >= 4 is 22.8 Å². The van der Waals surface area contributed by atoms with Crippen molar-refractivity contribution in [2.45, 2.75) is 24.5 Å². The highest BCUT2D eigenvalue weighted by atomic mass is 16.5. The second kappa shape index (κ2) is 6.07. The zero-order valence-corrected chi connectivity index (χ0v) is 15.0. The number of likely N-dealkylation sites (tertiary alicyclic amines) is 1. The van der Waals surface area contributed by atoms with Gasteiger partial charge in [0.15, 0.2) is 0 Å². The number of H-pyrrole nitrogens is 1. The number of hydrogen-bond acceptors (Lipinski definition) is 4. The van der Waals surface area contributed by atoms with Gasteiger partial charge in [-0.15, -0.1) is 0 Å². The van der Waals surface area contributed by atoms with Gasteiger partial charge in [-0.2, -0.15) is 0 Å². The van der Waals surface area contributed by atoms with Crippen LogP contribution in [0.2, 0.25) is 0 Å². The van der Waals surface area contributed by atoms with E-state index in [0.29, 0.717) is 24.7 Å². The quantitative estimate of drug-likeness (QED) is 0.742. The molecule has 1 aromatic carbocycles. The van der Waals surface area contributed by atoms with E-state index in [0.717, 1.165) is 30.3 Å². The lowest BCUT2D eigenvalue weighted by Gasteiger charge is -2.29. The normalized spacial score (nSPS) is 32.1. The average molecular weight is 369 g/mol. The SMILES string of the molecule is O=C(O)CN1C[C@@H]2[C@H](CNC(=O)c3cc4ccccc4[nH]3)[C@H]3CC[C@]2(C1)O3. The van der Waals surface area contributed by atoms with E-state index < -0.39 is 5.97 Å². The van der Waals surface area contributed by atoms with Gasteiger partial charge in [0.2, 0.25) is 0 Å². The Labute approximate surface area is 156 Å². The van der Waals surface area contributed by atoms with E-state index in [-0.39, 0.29) is 30.1 Å². The monoisotopic (exact) mass is 369 g/mol. The summed E-state index contributed by atoms with van der Waals surface area (Å²) in [6.07, 6.45) is 2.15. The molecular formula is C20H23N3O4. The van der Waals surface area contributed by atoms with Crippen molar-refractivity contribution in [2.24, 2.45) is 11.8 Å². The predicted octanol–water partition coefficient (Wildman–Crippen LogP) is 1.46. The van der Waals surface area contributed by atoms with Crippen LogP contribution >= 0.6 is 0 Å². The van der Waals surface area contributed by atoms with Gasteiger partial charge in [-0.05, 0) is 25.0 Å². The second-order valence-corrected chi connectivity index (χ2v) is 8.07. The fourth-order valence-corrected chi connectivity index (χ4v) is 5.37. The van der Waals surface area contributed by atoms with Crippen LogP contribution in [0.5, 0.6) is 0 Å². The van der Waals surface area contributed by atoms with Crippen LogP contribution in [0.4, 0.5) is 0 Å². The lowest BCUT2D eigenvalue weighted by atomic mass is 9.73. The third-order valence-electron chi connectivity index (χ3n) is 6.49. The molecule has 2 bridgehead atoms. The Morgan fingerprint density at radius 2 is 2.22 bits per heavy atom. The molecule has 7 nitrogen and oxygen atoms in total. The van der Waals surface area contributed by atoms with Crippen LogP contribution in [0.3, 0.4) is 0 Å². The van der Waals surface area contributed by atoms with Gasteiger partial charge in [-0.3, -0.25) is 14.5 Å². The van der Waals surface area contributed by atoms with E-state index >= 15 is 0 Å². The minimum absolute atomic E-state index is 0.0560. The lowest BCUT2D eigenvalue weighted by Crippen LogP contribution is -2.42. The van der Waals surface area contributed by atoms with Gasteiger partial charge < -0.3 is 20.1 Å². The van der Waals surface area contributed by atoms with Gasteiger partial charge in [-0.25, -0.2) is 0 Å². The summed E-state index contributed by atoms with van der Waals surface area (Å²) in [7, 11) is 0. The molecule has 1 amide bonds. The molecule has 0 unspecified atom stereocenters. The summed E-state index contributed by atoms with van der Waals surface area (Å²) in [5, 5.41) is 13.2. The maximum absolute atomic E-state index is 12.6. The van der Waals surface area contributed by atoms with E-state index in [2.05, 4.69) is 10.3 Å². The van der Waals surface area contributed by atoms with E-state index in [1.807, 2.05) is 35.2 Å². The smallest absolute Gasteiger partial charge is 0.317 e. The highest BCUT2D eigenvalue weighted by Gasteiger charge is 2.62. The number of carboxylic acid groups (broad SMARTS) is 1. The number of benzene rings is 1. The van der Waals surface area contributed by atoms with Gasteiger partial charge >= 0.3 is 5.97 Å². The number of nitrogens with one attached hydrogen (secondary N) is 2. The Balaban J connectivity index is 1.27. The van der Waals surface area contributed by atoms with Crippen LogP contribution in [0, 0.1) is 11.8 Å². The number of aromatic nitrogens is 1. The van der Waals surface area contributed by atoms with Crippen molar-refractivity contribution in [3.63, 3.8) is 0 Å². The third kappa shape index (κ3) is 2.73. The Kier molecular flexibility index (Phi) is 3.77. The molecule has 1 aromatic heterocycles. The van der Waals surface area contributed by atoms with Gasteiger partial charge in [0.1, 0.15) is 5.69 Å². The molecule has 0 saturated carbocycles. The summed E-state index contributed by atoms with van der Waals surface area (Å²) >= 11 is 0. The predicted molar refractivity (Wildman–Crippen MR) is 98.5 cm³/mol. The summed E-state index contributed by atoms with van der Waals surface area (Å²) in [6, 6.07) is 9.69. The number of hydrogen-bond donors (Lipinski definition) is 3. The minimum Gasteiger partial charge on any atom is -0.480 e. The first-order valence-corrected chi connectivity index (χ1v) is 9.52. The molecule has 2 aromatic rings. The first-order chi connectivity index (χ1) is 13.0. The van der Waals surface area contributed by atoms with Crippen LogP contribution in [0.25, 0.3) is 10.9 Å². The average Bonchev–Trinajstić information content (AvgIpc) is 3.36. The largest absolute Gasteiger partial charge is 0.480 e. The number of carbonyl (C=O) groups excluding carboxylic acids is 1. The number of aromatic amines is 1. The number of aliphatic carboxylic acids is 1. The molecule has 3 N–H and O–H groups in total. The summed E-state index contributed by atoms with van der Waals surface area (Å²) in [5.74, 6) is -0.377. The molecule has 27 heavy (non-hydrogen) atoms. The van der Waals surface area contributed by atoms with Crippen molar-refractivity contribution in [3.8, 4) is 0 Å². The first-order valence-electron chi connectivity index (χ1n) is 9.52. The van der Waals surface area contributed by atoms with Gasteiger partial charge in [0.05, 0.1) is 18.2 Å². The number of ether oxygens (including phenoxy) is 1. The molecule has 3 fully saturated rings. The van der Waals surface area contributed by atoms with E-state index in [4.69, 9.17) is 9.84 Å². The highest BCUT2D eigenvalue weighted by molar-refractivity contribution is 5.97. The minimum atomic E-state index is -0.801. The lowest BCUT2D eigenvalue weighted by molar-refractivity contribution is -0.138. The first kappa shape index (κ1) is 16.8. The third-order valence-corrected chi connectivity index (χ3v) is 6.49. The molecule has 0 aliphatic carbocycles. The molecule has 4 heterocycles. The molecule has 1 spiro atoms. The Morgan fingerprint density at radius 3 is 3.04 bits per heavy atom. The van der Waals surface area contributed by atoms with Crippen molar-refractivity contribution < 1.29 is 19.4 Å². The zero-order valence-electron chi connectivity index (χ0n) is 15.0. The molecule has 3 saturated heterocycles. The number of para-hydroxylation sites is 1. The number of rotatable bonds is 5. The topological polar surface area (TPSA) is 94.7 Å². The van der Waals surface area contributed by atoms with Crippen molar-refractivity contribution in [1.29, 1.82) is 0 Å². The van der Waals surface area contributed by atoms with Crippen LogP contribution < -0.4 is 5.32 Å².